The maximum Gasteiger partial charge on any atom is 0.103 e. The van der Waals surface area contributed by atoms with Gasteiger partial charge in [0.25, 0.3) is 0 Å². The Bertz CT molecular complexity index is 178. The van der Waals surface area contributed by atoms with Gasteiger partial charge in [0.05, 0.1) is 20.1 Å². The van der Waals surface area contributed by atoms with Crippen LogP contribution in [0.4, 0.5) is 0 Å². The molecule has 0 aromatic carbocycles. The molecule has 4 nitrogen and oxygen atoms in total. The summed E-state index contributed by atoms with van der Waals surface area (Å²) >= 11 is 0. The first-order chi connectivity index (χ1) is 5.61. The van der Waals surface area contributed by atoms with Crippen molar-refractivity contribution in [3.8, 4) is 0 Å². The zero-order chi connectivity index (χ0) is 9.14. The fraction of sp³-hybridized carbons (Fsp3) is 0.750. The van der Waals surface area contributed by atoms with E-state index < -0.39 is 0 Å². The van der Waals surface area contributed by atoms with Crippen molar-refractivity contribution in [2.45, 2.75) is 25.3 Å². The molecule has 0 aliphatic heterocycles. The summed E-state index contributed by atoms with van der Waals surface area (Å²) in [6.07, 6.45) is 4.29. The second-order valence-electron chi connectivity index (χ2n) is 3.37. The lowest BCUT2D eigenvalue weighted by Crippen LogP contribution is -3.08. The van der Waals surface area contributed by atoms with Gasteiger partial charge in [0, 0.05) is 19.3 Å². The lowest BCUT2D eigenvalue weighted by Gasteiger charge is -2.31. The van der Waals surface area contributed by atoms with Gasteiger partial charge in [-0.25, -0.2) is 0 Å². The number of hydrogen-bond acceptors (Lipinski definition) is 2. The van der Waals surface area contributed by atoms with Crippen molar-refractivity contribution < 1.29 is 10.1 Å². The maximum atomic E-state index is 11.0. The van der Waals surface area contributed by atoms with Crippen LogP contribution in [-0.2, 0) is 0 Å². The molecule has 0 aromatic heterocycles. The monoisotopic (exact) mass is 172 g/mol. The highest BCUT2D eigenvalue weighted by molar-refractivity contribution is 4.97. The van der Waals surface area contributed by atoms with Crippen molar-refractivity contribution in [1.82, 2.24) is 0 Å². The minimum Gasteiger partial charge on any atom is -0.634 e. The number of hydrogen-bond donors (Lipinski definition) is 2. The van der Waals surface area contributed by atoms with Gasteiger partial charge in [0.2, 0.25) is 0 Å². The first kappa shape index (κ1) is 9.67. The molecule has 0 radical (unpaired) electrons. The number of quaternary nitrogens is 2. The highest BCUT2D eigenvalue weighted by Gasteiger charge is 2.19. The Balaban J connectivity index is 2.47. The second-order valence-corrected chi connectivity index (χ2v) is 3.37. The maximum absolute atomic E-state index is 11.0. The molecule has 0 saturated carbocycles. The standard InChI is InChI=1S/C8H16N2O2/c1-9(11)7-3-5-8(6-4-7)10(2)12/h3,8-10H,4-6H2,1-2H3. The molecule has 0 amide bonds. The molecule has 0 fully saturated rings. The van der Waals surface area contributed by atoms with E-state index in [4.69, 9.17) is 0 Å². The molecule has 12 heavy (non-hydrogen) atoms. The highest BCUT2D eigenvalue weighted by Crippen LogP contribution is 2.11. The first-order valence-electron chi connectivity index (χ1n) is 4.31. The summed E-state index contributed by atoms with van der Waals surface area (Å²) in [6.45, 7) is 0. The Hall–Kier alpha value is -0.420. The van der Waals surface area contributed by atoms with Crippen molar-refractivity contribution in [2.75, 3.05) is 14.1 Å². The van der Waals surface area contributed by atoms with Crippen molar-refractivity contribution in [3.63, 3.8) is 0 Å². The normalized spacial score (nSPS) is 29.3. The molecule has 2 N–H and O–H groups in total. The fourth-order valence-electron chi connectivity index (χ4n) is 1.52. The van der Waals surface area contributed by atoms with Gasteiger partial charge in [-0.15, -0.1) is 0 Å². The van der Waals surface area contributed by atoms with Crippen LogP contribution in [-0.4, -0.2) is 20.1 Å². The number of hydroxylamine groups is 4. The van der Waals surface area contributed by atoms with E-state index in [0.29, 0.717) is 0 Å². The van der Waals surface area contributed by atoms with E-state index in [0.717, 1.165) is 25.0 Å². The molecule has 0 heterocycles. The topological polar surface area (TPSA) is 55.0 Å². The third kappa shape index (κ3) is 2.28. The summed E-state index contributed by atoms with van der Waals surface area (Å²) in [5.41, 5.74) is 0.896. The second kappa shape index (κ2) is 4.00. The molecular weight excluding hydrogens is 156 g/mol. The summed E-state index contributed by atoms with van der Waals surface area (Å²) in [5, 5.41) is 22.3. The molecule has 1 rings (SSSR count). The average Bonchev–Trinajstić information content (AvgIpc) is 2.04. The van der Waals surface area contributed by atoms with Gasteiger partial charge >= 0.3 is 0 Å². The van der Waals surface area contributed by atoms with E-state index in [1.165, 1.54) is 0 Å². The highest BCUT2D eigenvalue weighted by atomic mass is 16.5. The van der Waals surface area contributed by atoms with E-state index in [1.807, 2.05) is 6.08 Å². The Labute approximate surface area is 72.6 Å². The predicted molar refractivity (Wildman–Crippen MR) is 46.2 cm³/mol. The third-order valence-corrected chi connectivity index (χ3v) is 2.44. The first-order valence-corrected chi connectivity index (χ1v) is 4.31. The van der Waals surface area contributed by atoms with Crippen LogP contribution in [0.3, 0.4) is 0 Å². The van der Waals surface area contributed by atoms with E-state index in [-0.39, 0.29) is 16.2 Å². The average molecular weight is 172 g/mol. The van der Waals surface area contributed by atoms with Crippen molar-refractivity contribution >= 4 is 0 Å². The van der Waals surface area contributed by atoms with Crippen LogP contribution in [0.2, 0.25) is 0 Å². The molecule has 3 unspecified atom stereocenters. The largest absolute Gasteiger partial charge is 0.634 e. The molecule has 0 saturated heterocycles. The molecule has 0 bridgehead atoms. The van der Waals surface area contributed by atoms with E-state index in [1.54, 1.807) is 14.1 Å². The molecule has 0 spiro atoms. The Morgan fingerprint density at radius 1 is 1.42 bits per heavy atom. The quantitative estimate of drug-likeness (QED) is 0.495. The number of nitrogens with one attached hydrogen (secondary N) is 2. The number of allylic oxidation sites excluding steroid dienone is 1. The molecule has 0 aromatic rings. The summed E-state index contributed by atoms with van der Waals surface area (Å²) in [5.74, 6) is 0. The van der Waals surface area contributed by atoms with Crippen LogP contribution in [0.5, 0.6) is 0 Å². The minimum absolute atomic E-state index is 0.150. The van der Waals surface area contributed by atoms with Gasteiger partial charge in [0.1, 0.15) is 5.70 Å². The Morgan fingerprint density at radius 3 is 2.42 bits per heavy atom. The molecular formula is C8H16N2O2. The van der Waals surface area contributed by atoms with Gasteiger partial charge in [-0.3, -0.25) is 0 Å². The van der Waals surface area contributed by atoms with Crippen molar-refractivity contribution in [2.24, 2.45) is 0 Å². The summed E-state index contributed by atoms with van der Waals surface area (Å²) in [7, 11) is 3.21. The smallest absolute Gasteiger partial charge is 0.103 e. The van der Waals surface area contributed by atoms with Crippen LogP contribution >= 0.6 is 0 Å². The van der Waals surface area contributed by atoms with Crippen LogP contribution in [0.15, 0.2) is 11.8 Å². The van der Waals surface area contributed by atoms with E-state index >= 15 is 0 Å². The fourth-order valence-corrected chi connectivity index (χ4v) is 1.52. The van der Waals surface area contributed by atoms with Gasteiger partial charge < -0.3 is 20.5 Å². The summed E-state index contributed by atoms with van der Waals surface area (Å²) in [4.78, 5) is 0. The number of rotatable bonds is 2. The zero-order valence-electron chi connectivity index (χ0n) is 7.59. The Morgan fingerprint density at radius 2 is 2.08 bits per heavy atom. The summed E-state index contributed by atoms with van der Waals surface area (Å²) < 4.78 is 0. The molecule has 4 heteroatoms. The lowest BCUT2D eigenvalue weighted by molar-refractivity contribution is -0.856. The van der Waals surface area contributed by atoms with Crippen LogP contribution in [0.1, 0.15) is 19.3 Å². The SMILES string of the molecule is C[NH+]([O-])C1=CCC([NH+](C)[O-])CC1. The molecule has 70 valence electrons. The third-order valence-electron chi connectivity index (χ3n) is 2.44. The zero-order valence-corrected chi connectivity index (χ0v) is 7.59. The minimum atomic E-state index is 0.150. The lowest BCUT2D eigenvalue weighted by atomic mass is 9.99. The van der Waals surface area contributed by atoms with Crippen molar-refractivity contribution in [1.29, 1.82) is 0 Å². The van der Waals surface area contributed by atoms with Gasteiger partial charge in [0.15, 0.2) is 0 Å². The van der Waals surface area contributed by atoms with Gasteiger partial charge in [-0.05, 0) is 6.08 Å². The van der Waals surface area contributed by atoms with Crippen molar-refractivity contribution in [3.05, 3.63) is 22.2 Å². The van der Waals surface area contributed by atoms with E-state index in [9.17, 15) is 10.4 Å². The van der Waals surface area contributed by atoms with Crippen LogP contribution in [0, 0.1) is 10.4 Å². The van der Waals surface area contributed by atoms with E-state index in [2.05, 4.69) is 0 Å². The van der Waals surface area contributed by atoms with Gasteiger partial charge in [-0.1, -0.05) is 0 Å². The predicted octanol–water partition coefficient (Wildman–Crippen LogP) is -1.55. The molecule has 1 aliphatic carbocycles. The van der Waals surface area contributed by atoms with Crippen LogP contribution in [0.25, 0.3) is 0 Å². The summed E-state index contributed by atoms with van der Waals surface area (Å²) in [6, 6.07) is 0.160. The molecule has 1 aliphatic rings. The molecule has 3 atom stereocenters. The van der Waals surface area contributed by atoms with Crippen LogP contribution < -0.4 is 10.1 Å². The Kier molecular flexibility index (Phi) is 3.22. The van der Waals surface area contributed by atoms with Gasteiger partial charge in [-0.2, -0.15) is 0 Å².